The van der Waals surface area contributed by atoms with Gasteiger partial charge in [-0.05, 0) is 24.8 Å². The zero-order valence-corrected chi connectivity index (χ0v) is 8.09. The first kappa shape index (κ1) is 11.2. The number of rotatable bonds is 6. The summed E-state index contributed by atoms with van der Waals surface area (Å²) in [5, 5.41) is 6.77. The van der Waals surface area contributed by atoms with E-state index in [2.05, 4.69) is 19.9 Å². The third-order valence-corrected chi connectivity index (χ3v) is 1.89. The molecule has 0 spiro atoms. The molecule has 0 saturated heterocycles. The SMILES string of the molecule is CCCC(/C=C/C=C\C=N)CC. The maximum atomic E-state index is 6.77. The van der Waals surface area contributed by atoms with Gasteiger partial charge < -0.3 is 5.41 Å². The highest BCUT2D eigenvalue weighted by Crippen LogP contribution is 2.11. The van der Waals surface area contributed by atoms with Crippen molar-refractivity contribution >= 4 is 6.21 Å². The summed E-state index contributed by atoms with van der Waals surface area (Å²) in [6, 6.07) is 0. The van der Waals surface area contributed by atoms with Crippen molar-refractivity contribution in [2.24, 2.45) is 5.92 Å². The lowest BCUT2D eigenvalue weighted by molar-refractivity contribution is 0.563. The normalized spacial score (nSPS) is 14.2. The number of nitrogens with one attached hydrogen (secondary N) is 1. The predicted molar refractivity (Wildman–Crippen MR) is 55.8 cm³/mol. The lowest BCUT2D eigenvalue weighted by Gasteiger charge is -2.05. The summed E-state index contributed by atoms with van der Waals surface area (Å²) >= 11 is 0. The Morgan fingerprint density at radius 2 is 1.92 bits per heavy atom. The van der Waals surface area contributed by atoms with E-state index in [1.54, 1.807) is 6.08 Å². The highest BCUT2D eigenvalue weighted by molar-refractivity contribution is 5.68. The molecule has 0 radical (unpaired) electrons. The maximum Gasteiger partial charge on any atom is 0.0177 e. The highest BCUT2D eigenvalue weighted by atomic mass is 14.3. The Morgan fingerprint density at radius 3 is 2.42 bits per heavy atom. The summed E-state index contributed by atoms with van der Waals surface area (Å²) in [6.45, 7) is 4.43. The van der Waals surface area contributed by atoms with Gasteiger partial charge in [0.15, 0.2) is 0 Å². The van der Waals surface area contributed by atoms with Crippen LogP contribution in [0.2, 0.25) is 0 Å². The molecule has 12 heavy (non-hydrogen) atoms. The van der Waals surface area contributed by atoms with E-state index in [0.717, 1.165) is 0 Å². The van der Waals surface area contributed by atoms with Gasteiger partial charge in [-0.2, -0.15) is 0 Å². The Bertz CT molecular complexity index is 156. The second kappa shape index (κ2) is 8.25. The number of allylic oxidation sites excluding steroid dienone is 4. The fraction of sp³-hybridized carbons (Fsp3) is 0.545. The zero-order valence-electron chi connectivity index (χ0n) is 8.09. The summed E-state index contributed by atoms with van der Waals surface area (Å²) in [5.74, 6) is 0.713. The van der Waals surface area contributed by atoms with E-state index < -0.39 is 0 Å². The first-order valence-electron chi connectivity index (χ1n) is 4.69. The Hall–Kier alpha value is -0.850. The van der Waals surface area contributed by atoms with Gasteiger partial charge in [-0.1, -0.05) is 38.5 Å². The fourth-order valence-electron chi connectivity index (χ4n) is 1.15. The predicted octanol–water partition coefficient (Wildman–Crippen LogP) is 3.57. The lowest BCUT2D eigenvalue weighted by Crippen LogP contribution is -1.91. The molecule has 0 aromatic rings. The van der Waals surface area contributed by atoms with Gasteiger partial charge in [0, 0.05) is 6.21 Å². The molecule has 1 nitrogen and oxygen atoms in total. The largest absolute Gasteiger partial charge is 0.309 e. The molecule has 0 fully saturated rings. The van der Waals surface area contributed by atoms with Crippen molar-refractivity contribution in [3.05, 3.63) is 24.3 Å². The molecule has 0 saturated carbocycles. The Labute approximate surface area is 75.7 Å². The first-order chi connectivity index (χ1) is 5.85. The maximum absolute atomic E-state index is 6.77. The van der Waals surface area contributed by atoms with Crippen molar-refractivity contribution in [3.63, 3.8) is 0 Å². The van der Waals surface area contributed by atoms with Crippen LogP contribution in [-0.2, 0) is 0 Å². The molecule has 1 heteroatoms. The van der Waals surface area contributed by atoms with E-state index in [1.165, 1.54) is 25.5 Å². The molecule has 0 rings (SSSR count). The van der Waals surface area contributed by atoms with E-state index in [0.29, 0.717) is 5.92 Å². The minimum Gasteiger partial charge on any atom is -0.309 e. The van der Waals surface area contributed by atoms with Crippen molar-refractivity contribution in [1.29, 1.82) is 5.41 Å². The molecule has 0 amide bonds. The van der Waals surface area contributed by atoms with Crippen LogP contribution in [0.1, 0.15) is 33.1 Å². The molecule has 68 valence electrons. The van der Waals surface area contributed by atoms with Gasteiger partial charge in [0.25, 0.3) is 0 Å². The molecule has 0 aliphatic rings. The minimum absolute atomic E-state index is 0.713. The lowest BCUT2D eigenvalue weighted by atomic mass is 10.0. The van der Waals surface area contributed by atoms with Gasteiger partial charge in [0.2, 0.25) is 0 Å². The molecule has 0 bridgehead atoms. The topological polar surface area (TPSA) is 23.9 Å². The van der Waals surface area contributed by atoms with Crippen LogP contribution in [0, 0.1) is 11.3 Å². The third-order valence-electron chi connectivity index (χ3n) is 1.89. The third kappa shape index (κ3) is 5.90. The Kier molecular flexibility index (Phi) is 7.66. The molecular formula is C11H19N. The quantitative estimate of drug-likeness (QED) is 0.459. The van der Waals surface area contributed by atoms with Crippen LogP contribution in [0.5, 0.6) is 0 Å². The van der Waals surface area contributed by atoms with Crippen molar-refractivity contribution in [2.75, 3.05) is 0 Å². The van der Waals surface area contributed by atoms with Gasteiger partial charge in [0.1, 0.15) is 0 Å². The Balaban J connectivity index is 3.74. The van der Waals surface area contributed by atoms with Crippen LogP contribution in [0.3, 0.4) is 0 Å². The van der Waals surface area contributed by atoms with E-state index in [9.17, 15) is 0 Å². The van der Waals surface area contributed by atoms with Crippen LogP contribution in [0.15, 0.2) is 24.3 Å². The smallest absolute Gasteiger partial charge is 0.0177 e. The van der Waals surface area contributed by atoms with Crippen LogP contribution < -0.4 is 0 Å². The average molecular weight is 165 g/mol. The van der Waals surface area contributed by atoms with Crippen LogP contribution in [0.4, 0.5) is 0 Å². The molecule has 0 aromatic heterocycles. The summed E-state index contributed by atoms with van der Waals surface area (Å²) in [5.41, 5.74) is 0. The van der Waals surface area contributed by atoms with Crippen molar-refractivity contribution in [1.82, 2.24) is 0 Å². The molecule has 0 aliphatic heterocycles. The molecule has 1 atom stereocenters. The number of hydrogen-bond acceptors (Lipinski definition) is 1. The minimum atomic E-state index is 0.713. The van der Waals surface area contributed by atoms with E-state index in [1.807, 2.05) is 12.2 Å². The van der Waals surface area contributed by atoms with Crippen LogP contribution in [-0.4, -0.2) is 6.21 Å². The van der Waals surface area contributed by atoms with Gasteiger partial charge in [-0.25, -0.2) is 0 Å². The zero-order chi connectivity index (χ0) is 9.23. The van der Waals surface area contributed by atoms with Gasteiger partial charge >= 0.3 is 0 Å². The molecule has 1 N–H and O–H groups in total. The van der Waals surface area contributed by atoms with Crippen molar-refractivity contribution in [2.45, 2.75) is 33.1 Å². The second-order valence-electron chi connectivity index (χ2n) is 2.89. The fourth-order valence-corrected chi connectivity index (χ4v) is 1.15. The molecule has 1 unspecified atom stereocenters. The first-order valence-corrected chi connectivity index (χ1v) is 4.69. The average Bonchev–Trinajstić information content (AvgIpc) is 2.10. The molecular weight excluding hydrogens is 146 g/mol. The molecule has 0 heterocycles. The van der Waals surface area contributed by atoms with Gasteiger partial charge in [-0.3, -0.25) is 0 Å². The van der Waals surface area contributed by atoms with Gasteiger partial charge in [0.05, 0.1) is 0 Å². The van der Waals surface area contributed by atoms with Crippen molar-refractivity contribution in [3.8, 4) is 0 Å². The standard InChI is InChI=1S/C11H19N/c1-3-8-11(4-2)9-6-5-7-10-12/h5-7,9-12H,3-4,8H2,1-2H3/b7-5-,9-6+,12-10?. The van der Waals surface area contributed by atoms with Gasteiger partial charge in [-0.15, -0.1) is 0 Å². The summed E-state index contributed by atoms with van der Waals surface area (Å²) < 4.78 is 0. The summed E-state index contributed by atoms with van der Waals surface area (Å²) in [6.07, 6.45) is 12.9. The molecule has 0 aliphatic carbocycles. The highest BCUT2D eigenvalue weighted by Gasteiger charge is 1.97. The monoisotopic (exact) mass is 165 g/mol. The molecule has 0 aromatic carbocycles. The number of hydrogen-bond donors (Lipinski definition) is 1. The van der Waals surface area contributed by atoms with E-state index in [4.69, 9.17) is 5.41 Å². The summed E-state index contributed by atoms with van der Waals surface area (Å²) in [4.78, 5) is 0. The van der Waals surface area contributed by atoms with Crippen LogP contribution >= 0.6 is 0 Å². The van der Waals surface area contributed by atoms with Crippen LogP contribution in [0.25, 0.3) is 0 Å². The van der Waals surface area contributed by atoms with E-state index >= 15 is 0 Å². The van der Waals surface area contributed by atoms with E-state index in [-0.39, 0.29) is 0 Å². The van der Waals surface area contributed by atoms with Crippen molar-refractivity contribution < 1.29 is 0 Å². The second-order valence-corrected chi connectivity index (χ2v) is 2.89. The summed E-state index contributed by atoms with van der Waals surface area (Å²) in [7, 11) is 0. The Morgan fingerprint density at radius 1 is 1.17 bits per heavy atom.